The van der Waals surface area contributed by atoms with Crippen molar-refractivity contribution in [1.29, 1.82) is 0 Å². The Morgan fingerprint density at radius 1 is 1.00 bits per heavy atom. The molecule has 0 radical (unpaired) electrons. The number of carbonyl (C=O) groups excluding carboxylic acids is 2. The topological polar surface area (TPSA) is 76.7 Å². The highest BCUT2D eigenvalue weighted by Crippen LogP contribution is 2.40. The SMILES string of the molecule is CNC(=O)c1ccc(Cl)c(NC(=O)c2cc(Cl)c3c(c2)OCO3)c1. The van der Waals surface area contributed by atoms with Crippen LogP contribution in [-0.2, 0) is 0 Å². The van der Waals surface area contributed by atoms with Gasteiger partial charge in [-0.2, -0.15) is 0 Å². The smallest absolute Gasteiger partial charge is 0.255 e. The van der Waals surface area contributed by atoms with Crippen LogP contribution in [0.2, 0.25) is 10.0 Å². The molecule has 0 aliphatic carbocycles. The Labute approximate surface area is 147 Å². The fourth-order valence-corrected chi connectivity index (χ4v) is 2.63. The van der Waals surface area contributed by atoms with E-state index in [1.165, 1.54) is 31.3 Å². The van der Waals surface area contributed by atoms with Crippen molar-refractivity contribution in [2.45, 2.75) is 0 Å². The van der Waals surface area contributed by atoms with Crippen molar-refractivity contribution >= 4 is 40.7 Å². The Kier molecular flexibility index (Phi) is 4.51. The van der Waals surface area contributed by atoms with Gasteiger partial charge in [0, 0.05) is 18.2 Å². The summed E-state index contributed by atoms with van der Waals surface area (Å²) in [6.45, 7) is 0.0557. The fraction of sp³-hybridized carbons (Fsp3) is 0.125. The van der Waals surface area contributed by atoms with Crippen molar-refractivity contribution in [1.82, 2.24) is 5.32 Å². The van der Waals surface area contributed by atoms with Gasteiger partial charge in [-0.05, 0) is 30.3 Å². The second kappa shape index (κ2) is 6.59. The molecule has 2 amide bonds. The zero-order chi connectivity index (χ0) is 17.3. The Morgan fingerprint density at radius 2 is 1.79 bits per heavy atom. The van der Waals surface area contributed by atoms with Crippen molar-refractivity contribution in [2.75, 3.05) is 19.2 Å². The number of rotatable bonds is 3. The molecule has 0 fully saturated rings. The van der Waals surface area contributed by atoms with Crippen LogP contribution < -0.4 is 20.1 Å². The highest BCUT2D eigenvalue weighted by molar-refractivity contribution is 6.34. The lowest BCUT2D eigenvalue weighted by Gasteiger charge is -2.10. The zero-order valence-corrected chi connectivity index (χ0v) is 14.0. The van der Waals surface area contributed by atoms with E-state index in [0.717, 1.165) is 0 Å². The lowest BCUT2D eigenvalue weighted by Crippen LogP contribution is -2.18. The number of hydrogen-bond acceptors (Lipinski definition) is 4. The number of hydrogen-bond donors (Lipinski definition) is 2. The first-order chi connectivity index (χ1) is 11.5. The fourth-order valence-electron chi connectivity index (χ4n) is 2.20. The minimum absolute atomic E-state index is 0.0557. The van der Waals surface area contributed by atoms with Gasteiger partial charge in [0.1, 0.15) is 0 Å². The molecule has 8 heteroatoms. The van der Waals surface area contributed by atoms with E-state index in [2.05, 4.69) is 10.6 Å². The molecule has 0 saturated carbocycles. The second-order valence-corrected chi connectivity index (χ2v) is 5.73. The van der Waals surface area contributed by atoms with Gasteiger partial charge in [-0.1, -0.05) is 23.2 Å². The quantitative estimate of drug-likeness (QED) is 0.873. The molecule has 0 unspecified atom stereocenters. The molecule has 1 aliphatic rings. The van der Waals surface area contributed by atoms with Crippen molar-refractivity contribution in [3.05, 3.63) is 51.5 Å². The summed E-state index contributed by atoms with van der Waals surface area (Å²) in [7, 11) is 1.52. The molecule has 0 aromatic heterocycles. The van der Waals surface area contributed by atoms with Crippen LogP contribution in [0.4, 0.5) is 5.69 Å². The second-order valence-electron chi connectivity index (χ2n) is 4.92. The molecule has 6 nitrogen and oxygen atoms in total. The van der Waals surface area contributed by atoms with Crippen LogP contribution >= 0.6 is 23.2 Å². The number of anilines is 1. The summed E-state index contributed by atoms with van der Waals surface area (Å²) in [5, 5.41) is 5.75. The van der Waals surface area contributed by atoms with E-state index in [-0.39, 0.29) is 23.3 Å². The third-order valence-corrected chi connectivity index (χ3v) is 4.00. The molecule has 2 aromatic rings. The minimum Gasteiger partial charge on any atom is -0.454 e. The number of benzene rings is 2. The van der Waals surface area contributed by atoms with Crippen LogP contribution in [-0.4, -0.2) is 25.7 Å². The first-order valence-corrected chi connectivity index (χ1v) is 7.67. The molecule has 24 heavy (non-hydrogen) atoms. The van der Waals surface area contributed by atoms with E-state index in [1.54, 1.807) is 6.07 Å². The van der Waals surface area contributed by atoms with Gasteiger partial charge < -0.3 is 20.1 Å². The lowest BCUT2D eigenvalue weighted by molar-refractivity contribution is 0.0961. The summed E-state index contributed by atoms with van der Waals surface area (Å²) in [4.78, 5) is 24.1. The molecule has 0 saturated heterocycles. The van der Waals surface area contributed by atoms with Crippen LogP contribution in [0.25, 0.3) is 0 Å². The van der Waals surface area contributed by atoms with E-state index < -0.39 is 5.91 Å². The predicted molar refractivity (Wildman–Crippen MR) is 90.4 cm³/mol. The van der Waals surface area contributed by atoms with Crippen molar-refractivity contribution in [3.8, 4) is 11.5 Å². The van der Waals surface area contributed by atoms with Crippen molar-refractivity contribution in [3.63, 3.8) is 0 Å². The zero-order valence-electron chi connectivity index (χ0n) is 12.5. The predicted octanol–water partition coefficient (Wildman–Crippen LogP) is 3.33. The van der Waals surface area contributed by atoms with Crippen molar-refractivity contribution in [2.24, 2.45) is 0 Å². The largest absolute Gasteiger partial charge is 0.454 e. The minimum atomic E-state index is -0.439. The van der Waals surface area contributed by atoms with E-state index in [9.17, 15) is 9.59 Å². The molecule has 0 spiro atoms. The van der Waals surface area contributed by atoms with Gasteiger partial charge in [0.05, 0.1) is 15.7 Å². The van der Waals surface area contributed by atoms with Gasteiger partial charge in [-0.25, -0.2) is 0 Å². The maximum Gasteiger partial charge on any atom is 0.255 e. The summed E-state index contributed by atoms with van der Waals surface area (Å²) < 4.78 is 10.4. The van der Waals surface area contributed by atoms with E-state index in [1.807, 2.05) is 0 Å². The maximum atomic E-state index is 12.4. The Morgan fingerprint density at radius 3 is 2.54 bits per heavy atom. The molecule has 2 aromatic carbocycles. The first-order valence-electron chi connectivity index (χ1n) is 6.91. The highest BCUT2D eigenvalue weighted by atomic mass is 35.5. The molecule has 2 N–H and O–H groups in total. The highest BCUT2D eigenvalue weighted by Gasteiger charge is 2.21. The number of fused-ring (bicyclic) bond motifs is 1. The van der Waals surface area contributed by atoms with E-state index in [4.69, 9.17) is 32.7 Å². The van der Waals surface area contributed by atoms with Crippen LogP contribution in [0.3, 0.4) is 0 Å². The number of nitrogens with one attached hydrogen (secondary N) is 2. The Balaban J connectivity index is 1.88. The number of carbonyl (C=O) groups is 2. The maximum absolute atomic E-state index is 12.4. The van der Waals surface area contributed by atoms with Crippen LogP contribution in [0, 0.1) is 0 Å². The normalized spacial score (nSPS) is 12.0. The monoisotopic (exact) mass is 366 g/mol. The van der Waals surface area contributed by atoms with Gasteiger partial charge in [0.2, 0.25) is 6.79 Å². The van der Waals surface area contributed by atoms with Crippen LogP contribution in [0.15, 0.2) is 30.3 Å². The average Bonchev–Trinajstić information content (AvgIpc) is 3.05. The van der Waals surface area contributed by atoms with Crippen LogP contribution in [0.5, 0.6) is 11.5 Å². The molecular weight excluding hydrogens is 355 g/mol. The number of ether oxygens (including phenoxy) is 2. The molecule has 1 aliphatic heterocycles. The average molecular weight is 367 g/mol. The standard InChI is InChI=1S/C16H12Cl2N2O4/c1-19-15(21)8-2-3-10(17)12(5-8)20-16(22)9-4-11(18)14-13(6-9)23-7-24-14/h2-6H,7H2,1H3,(H,19,21)(H,20,22). The lowest BCUT2D eigenvalue weighted by atomic mass is 10.1. The molecule has 124 valence electrons. The third kappa shape index (κ3) is 3.11. The summed E-state index contributed by atoms with van der Waals surface area (Å²) in [6.07, 6.45) is 0. The van der Waals surface area contributed by atoms with E-state index in [0.29, 0.717) is 27.8 Å². The molecule has 0 bridgehead atoms. The van der Waals surface area contributed by atoms with Gasteiger partial charge in [-0.3, -0.25) is 9.59 Å². The first kappa shape index (κ1) is 16.4. The summed E-state index contributed by atoms with van der Waals surface area (Å²) in [5.41, 5.74) is 0.975. The third-order valence-electron chi connectivity index (χ3n) is 3.39. The number of halogens is 2. The molecule has 3 rings (SSSR count). The van der Waals surface area contributed by atoms with Gasteiger partial charge in [0.25, 0.3) is 11.8 Å². The molecular formula is C16H12Cl2N2O4. The summed E-state index contributed by atoms with van der Waals surface area (Å²) in [6, 6.07) is 7.59. The van der Waals surface area contributed by atoms with Gasteiger partial charge in [-0.15, -0.1) is 0 Å². The van der Waals surface area contributed by atoms with Crippen LogP contribution in [0.1, 0.15) is 20.7 Å². The molecule has 0 atom stereocenters. The summed E-state index contributed by atoms with van der Waals surface area (Å²) >= 11 is 12.2. The van der Waals surface area contributed by atoms with Gasteiger partial charge >= 0.3 is 0 Å². The Bertz CT molecular complexity index is 839. The van der Waals surface area contributed by atoms with E-state index >= 15 is 0 Å². The Hall–Kier alpha value is -2.44. The number of amides is 2. The summed E-state index contributed by atoms with van der Waals surface area (Å²) in [5.74, 6) is 0.0881. The van der Waals surface area contributed by atoms with Gasteiger partial charge in [0.15, 0.2) is 11.5 Å². The van der Waals surface area contributed by atoms with Crippen molar-refractivity contribution < 1.29 is 19.1 Å². The molecule has 1 heterocycles.